The first-order valence-electron chi connectivity index (χ1n) is 7.45. The lowest BCUT2D eigenvalue weighted by Gasteiger charge is -2.56. The van der Waals surface area contributed by atoms with E-state index in [1.165, 1.54) is 0 Å². The van der Waals surface area contributed by atoms with Crippen LogP contribution in [0.5, 0.6) is 0 Å². The fraction of sp³-hybridized carbons (Fsp3) is 1.00. The summed E-state index contributed by atoms with van der Waals surface area (Å²) in [5, 5.41) is 9.78. The Morgan fingerprint density at radius 2 is 1.58 bits per heavy atom. The van der Waals surface area contributed by atoms with E-state index in [-0.39, 0.29) is 6.10 Å². The first kappa shape index (κ1) is 13.8. The normalized spacial score (nSPS) is 45.5. The SMILES string of the molecule is C[C@H](O)[C@H]1CO[C@]2(CCCCO2)[C@@]2(CCCCO2)O1. The number of hydrogen-bond donors (Lipinski definition) is 1. The van der Waals surface area contributed by atoms with E-state index in [4.69, 9.17) is 18.9 Å². The molecule has 0 aromatic carbocycles. The maximum Gasteiger partial charge on any atom is 0.224 e. The Bertz CT molecular complexity index is 305. The summed E-state index contributed by atoms with van der Waals surface area (Å²) in [5.74, 6) is -1.59. The molecule has 19 heavy (non-hydrogen) atoms. The highest BCUT2D eigenvalue weighted by molar-refractivity contribution is 4.97. The molecule has 3 fully saturated rings. The zero-order valence-electron chi connectivity index (χ0n) is 11.6. The summed E-state index contributed by atoms with van der Waals surface area (Å²) in [4.78, 5) is 0. The molecule has 3 aliphatic rings. The predicted octanol–water partition coefficient (Wildman–Crippen LogP) is 1.58. The van der Waals surface area contributed by atoms with Crippen molar-refractivity contribution < 1.29 is 24.1 Å². The van der Waals surface area contributed by atoms with Crippen molar-refractivity contribution >= 4 is 0 Å². The molecule has 0 radical (unpaired) electrons. The zero-order chi connectivity index (χ0) is 13.3. The van der Waals surface area contributed by atoms with Crippen LogP contribution < -0.4 is 0 Å². The van der Waals surface area contributed by atoms with Crippen molar-refractivity contribution in [2.45, 2.75) is 69.2 Å². The van der Waals surface area contributed by atoms with E-state index >= 15 is 0 Å². The Morgan fingerprint density at radius 3 is 2.11 bits per heavy atom. The van der Waals surface area contributed by atoms with Crippen LogP contribution in [-0.2, 0) is 18.9 Å². The molecular formula is C14H24O5. The molecule has 110 valence electrons. The topological polar surface area (TPSA) is 57.2 Å². The average Bonchev–Trinajstić information content (AvgIpc) is 2.44. The van der Waals surface area contributed by atoms with Crippen molar-refractivity contribution in [2.75, 3.05) is 19.8 Å². The van der Waals surface area contributed by atoms with Crippen LogP contribution >= 0.6 is 0 Å². The largest absolute Gasteiger partial charge is 0.391 e. The summed E-state index contributed by atoms with van der Waals surface area (Å²) in [6.07, 6.45) is 4.88. The molecule has 0 unspecified atom stereocenters. The Labute approximate surface area is 114 Å². The highest BCUT2D eigenvalue weighted by atomic mass is 16.8. The van der Waals surface area contributed by atoms with Gasteiger partial charge in [-0.3, -0.25) is 0 Å². The Kier molecular flexibility index (Phi) is 3.84. The number of aliphatic hydroxyl groups excluding tert-OH is 1. The third-order valence-electron chi connectivity index (χ3n) is 4.41. The van der Waals surface area contributed by atoms with Gasteiger partial charge >= 0.3 is 0 Å². The third kappa shape index (κ3) is 2.32. The molecule has 3 saturated heterocycles. The van der Waals surface area contributed by atoms with Crippen LogP contribution in [0.1, 0.15) is 45.4 Å². The molecular weight excluding hydrogens is 248 g/mol. The van der Waals surface area contributed by atoms with Gasteiger partial charge in [0.2, 0.25) is 11.6 Å². The Hall–Kier alpha value is -0.200. The van der Waals surface area contributed by atoms with Gasteiger partial charge in [0.05, 0.1) is 25.9 Å². The summed E-state index contributed by atoms with van der Waals surface area (Å²) in [7, 11) is 0. The molecule has 4 atom stereocenters. The van der Waals surface area contributed by atoms with Gasteiger partial charge in [0.15, 0.2) is 0 Å². The van der Waals surface area contributed by atoms with Gasteiger partial charge in [-0.1, -0.05) is 0 Å². The highest BCUT2D eigenvalue weighted by Gasteiger charge is 2.61. The monoisotopic (exact) mass is 272 g/mol. The fourth-order valence-electron chi connectivity index (χ4n) is 3.28. The van der Waals surface area contributed by atoms with Gasteiger partial charge < -0.3 is 24.1 Å². The maximum atomic E-state index is 9.78. The van der Waals surface area contributed by atoms with Crippen molar-refractivity contribution in [1.82, 2.24) is 0 Å². The van der Waals surface area contributed by atoms with E-state index < -0.39 is 17.7 Å². The van der Waals surface area contributed by atoms with Crippen molar-refractivity contribution in [3.8, 4) is 0 Å². The minimum atomic E-state index is -0.828. The molecule has 0 saturated carbocycles. The molecule has 1 N–H and O–H groups in total. The van der Waals surface area contributed by atoms with E-state index in [0.29, 0.717) is 19.8 Å². The van der Waals surface area contributed by atoms with Crippen LogP contribution in [0.15, 0.2) is 0 Å². The second-order valence-electron chi connectivity index (χ2n) is 5.82. The molecule has 3 aliphatic heterocycles. The van der Waals surface area contributed by atoms with Crippen LogP contribution in [0, 0.1) is 0 Å². The van der Waals surface area contributed by atoms with Crippen LogP contribution in [0.25, 0.3) is 0 Å². The van der Waals surface area contributed by atoms with E-state index in [9.17, 15) is 5.11 Å². The van der Waals surface area contributed by atoms with Crippen LogP contribution in [-0.4, -0.2) is 48.7 Å². The van der Waals surface area contributed by atoms with Crippen LogP contribution in [0.4, 0.5) is 0 Å². The number of ether oxygens (including phenoxy) is 4. The van der Waals surface area contributed by atoms with E-state index in [0.717, 1.165) is 38.5 Å². The third-order valence-corrected chi connectivity index (χ3v) is 4.41. The summed E-state index contributed by atoms with van der Waals surface area (Å²) in [6.45, 7) is 3.45. The summed E-state index contributed by atoms with van der Waals surface area (Å²) >= 11 is 0. The van der Waals surface area contributed by atoms with Gasteiger partial charge in [-0.05, 0) is 32.6 Å². The summed E-state index contributed by atoms with van der Waals surface area (Å²) in [5.41, 5.74) is 0. The molecule has 0 aromatic heterocycles. The number of fused-ring (bicyclic) bond motifs is 1. The molecule has 0 amide bonds. The average molecular weight is 272 g/mol. The van der Waals surface area contributed by atoms with Crippen molar-refractivity contribution in [3.63, 3.8) is 0 Å². The molecule has 3 heterocycles. The van der Waals surface area contributed by atoms with E-state index in [1.807, 2.05) is 0 Å². The highest BCUT2D eigenvalue weighted by Crippen LogP contribution is 2.47. The van der Waals surface area contributed by atoms with Crippen molar-refractivity contribution in [1.29, 1.82) is 0 Å². The first-order chi connectivity index (χ1) is 9.18. The molecule has 3 rings (SSSR count). The zero-order valence-corrected chi connectivity index (χ0v) is 11.6. The van der Waals surface area contributed by atoms with Crippen LogP contribution in [0.2, 0.25) is 0 Å². The van der Waals surface area contributed by atoms with Gasteiger partial charge in [0.1, 0.15) is 6.10 Å². The molecule has 2 spiro atoms. The number of rotatable bonds is 1. The second-order valence-corrected chi connectivity index (χ2v) is 5.82. The van der Waals surface area contributed by atoms with Crippen molar-refractivity contribution in [3.05, 3.63) is 0 Å². The summed E-state index contributed by atoms with van der Waals surface area (Å²) < 4.78 is 24.2. The molecule has 5 heteroatoms. The lowest BCUT2D eigenvalue weighted by molar-refractivity contribution is -0.470. The fourth-order valence-corrected chi connectivity index (χ4v) is 3.28. The maximum absolute atomic E-state index is 9.78. The predicted molar refractivity (Wildman–Crippen MR) is 67.6 cm³/mol. The van der Waals surface area contributed by atoms with E-state index in [2.05, 4.69) is 0 Å². The standard InChI is InChI=1S/C14H24O5/c1-11(15)12-10-18-13(6-2-4-8-16-13)14(19-12)7-3-5-9-17-14/h11-12,15H,2-10H2,1H3/t11-,12+,13+,14+/m0/s1. The van der Waals surface area contributed by atoms with Gasteiger partial charge in [-0.15, -0.1) is 0 Å². The first-order valence-corrected chi connectivity index (χ1v) is 7.45. The quantitative estimate of drug-likeness (QED) is 0.785. The van der Waals surface area contributed by atoms with Gasteiger partial charge in [0, 0.05) is 12.8 Å². The molecule has 0 aromatic rings. The second kappa shape index (κ2) is 5.30. The minimum absolute atomic E-state index is 0.339. The smallest absolute Gasteiger partial charge is 0.224 e. The molecule has 0 bridgehead atoms. The molecule has 5 nitrogen and oxygen atoms in total. The number of aliphatic hydroxyl groups is 1. The minimum Gasteiger partial charge on any atom is -0.391 e. The van der Waals surface area contributed by atoms with Gasteiger partial charge in [-0.2, -0.15) is 0 Å². The van der Waals surface area contributed by atoms with E-state index in [1.54, 1.807) is 6.92 Å². The van der Waals surface area contributed by atoms with Crippen LogP contribution in [0.3, 0.4) is 0 Å². The van der Waals surface area contributed by atoms with Crippen molar-refractivity contribution in [2.24, 2.45) is 0 Å². The number of hydrogen-bond acceptors (Lipinski definition) is 5. The summed E-state index contributed by atoms with van der Waals surface area (Å²) in [6, 6.07) is 0. The molecule has 0 aliphatic carbocycles. The lowest BCUT2D eigenvalue weighted by atomic mass is 9.89. The van der Waals surface area contributed by atoms with Gasteiger partial charge in [0.25, 0.3) is 0 Å². The Morgan fingerprint density at radius 1 is 0.947 bits per heavy atom. The van der Waals surface area contributed by atoms with Gasteiger partial charge in [-0.25, -0.2) is 0 Å². The lowest BCUT2D eigenvalue weighted by Crippen LogP contribution is -2.68. The Balaban J connectivity index is 1.86.